The van der Waals surface area contributed by atoms with Crippen LogP contribution in [0.2, 0.25) is 0 Å². The number of rotatable bonds is 37. The van der Waals surface area contributed by atoms with Gasteiger partial charge in [-0.2, -0.15) is 0 Å². The molecule has 0 aromatic heterocycles. The molecule has 0 heterocycles. The summed E-state index contributed by atoms with van der Waals surface area (Å²) < 4.78 is 22.0. The van der Waals surface area contributed by atoms with Crippen molar-refractivity contribution in [3.05, 3.63) is 36.5 Å². The lowest BCUT2D eigenvalue weighted by Gasteiger charge is -2.23. The molecular formula is C40H77N2O6P. The molecule has 1 amide bonds. The number of allylic oxidation sites excluding steroid dienone is 5. The molecule has 3 unspecified atom stereocenters. The minimum atomic E-state index is -4.33. The molecule has 0 aliphatic carbocycles. The molecular weight excluding hydrogens is 635 g/mol. The quantitative estimate of drug-likeness (QED) is 0.0286. The van der Waals surface area contributed by atoms with Crippen molar-refractivity contribution in [2.75, 3.05) is 19.8 Å². The van der Waals surface area contributed by atoms with E-state index in [1.165, 1.54) is 109 Å². The first-order valence-corrected chi connectivity index (χ1v) is 21.6. The van der Waals surface area contributed by atoms with Gasteiger partial charge in [-0.05, 0) is 51.4 Å². The van der Waals surface area contributed by atoms with E-state index in [1.807, 2.05) is 6.08 Å². The predicted molar refractivity (Wildman–Crippen MR) is 208 cm³/mol. The maximum Gasteiger partial charge on any atom is 0.472 e. The van der Waals surface area contributed by atoms with Crippen molar-refractivity contribution in [3.63, 3.8) is 0 Å². The van der Waals surface area contributed by atoms with Crippen LogP contribution in [0, 0.1) is 0 Å². The van der Waals surface area contributed by atoms with Gasteiger partial charge in [0, 0.05) is 13.0 Å². The van der Waals surface area contributed by atoms with Gasteiger partial charge < -0.3 is 21.1 Å². The molecule has 288 valence electrons. The highest BCUT2D eigenvalue weighted by atomic mass is 31.2. The second kappa shape index (κ2) is 36.5. The molecule has 0 saturated carbocycles. The lowest BCUT2D eigenvalue weighted by Crippen LogP contribution is -2.45. The minimum Gasteiger partial charge on any atom is -0.387 e. The van der Waals surface area contributed by atoms with Gasteiger partial charge in [0.25, 0.3) is 0 Å². The van der Waals surface area contributed by atoms with Crippen LogP contribution >= 0.6 is 7.82 Å². The Bertz CT molecular complexity index is 866. The lowest BCUT2D eigenvalue weighted by atomic mass is 10.1. The Morgan fingerprint density at radius 1 is 0.673 bits per heavy atom. The van der Waals surface area contributed by atoms with Crippen molar-refractivity contribution in [1.29, 1.82) is 0 Å². The van der Waals surface area contributed by atoms with Gasteiger partial charge in [-0.3, -0.25) is 13.8 Å². The zero-order chi connectivity index (χ0) is 36.1. The highest BCUT2D eigenvalue weighted by Gasteiger charge is 2.26. The second-order valence-electron chi connectivity index (χ2n) is 13.5. The number of aliphatic hydroxyl groups excluding tert-OH is 1. The van der Waals surface area contributed by atoms with Gasteiger partial charge in [-0.25, -0.2) is 4.57 Å². The Morgan fingerprint density at radius 2 is 1.12 bits per heavy atom. The number of hydrogen-bond acceptors (Lipinski definition) is 6. The average molecular weight is 713 g/mol. The van der Waals surface area contributed by atoms with Gasteiger partial charge in [0.15, 0.2) is 0 Å². The van der Waals surface area contributed by atoms with Crippen LogP contribution in [-0.2, 0) is 18.4 Å². The largest absolute Gasteiger partial charge is 0.472 e. The molecule has 0 spiro atoms. The molecule has 3 atom stereocenters. The van der Waals surface area contributed by atoms with Gasteiger partial charge >= 0.3 is 7.82 Å². The Hall–Kier alpha value is -1.28. The third-order valence-electron chi connectivity index (χ3n) is 8.71. The Balaban J connectivity index is 4.26. The fourth-order valence-electron chi connectivity index (χ4n) is 5.63. The summed E-state index contributed by atoms with van der Waals surface area (Å²) in [5.41, 5.74) is 5.36. The number of amides is 1. The maximum atomic E-state index is 12.7. The molecule has 0 rings (SSSR count). The van der Waals surface area contributed by atoms with Crippen LogP contribution in [0.3, 0.4) is 0 Å². The van der Waals surface area contributed by atoms with Crippen molar-refractivity contribution in [3.8, 4) is 0 Å². The number of nitrogens with two attached hydrogens (primary N) is 1. The topological polar surface area (TPSA) is 131 Å². The molecule has 0 aliphatic rings. The first-order chi connectivity index (χ1) is 23.9. The van der Waals surface area contributed by atoms with Crippen LogP contribution in [0.1, 0.15) is 181 Å². The number of phosphoric acid groups is 1. The van der Waals surface area contributed by atoms with E-state index in [1.54, 1.807) is 6.08 Å². The van der Waals surface area contributed by atoms with E-state index >= 15 is 0 Å². The number of phosphoric ester groups is 1. The van der Waals surface area contributed by atoms with Crippen molar-refractivity contribution in [2.45, 2.75) is 193 Å². The first kappa shape index (κ1) is 47.7. The molecule has 0 aromatic carbocycles. The van der Waals surface area contributed by atoms with Crippen molar-refractivity contribution >= 4 is 13.7 Å². The SMILES string of the molecule is CCCCCC/C=C\C/C=C\CCCCCCCCCC(=O)NC(COP(=O)(O)OCCN)C(O)/C=C/CCCCCCCCCCCC. The van der Waals surface area contributed by atoms with Crippen molar-refractivity contribution < 1.29 is 28.4 Å². The van der Waals surface area contributed by atoms with E-state index in [0.29, 0.717) is 6.42 Å². The number of carbonyl (C=O) groups is 1. The number of unbranched alkanes of at least 4 members (excludes halogenated alkanes) is 21. The molecule has 5 N–H and O–H groups in total. The van der Waals surface area contributed by atoms with Gasteiger partial charge in [0.2, 0.25) is 5.91 Å². The van der Waals surface area contributed by atoms with E-state index in [0.717, 1.165) is 51.4 Å². The Kier molecular flexibility index (Phi) is 35.6. The normalized spacial score (nSPS) is 14.6. The third-order valence-corrected chi connectivity index (χ3v) is 9.69. The molecule has 8 nitrogen and oxygen atoms in total. The van der Waals surface area contributed by atoms with Gasteiger partial charge in [0.1, 0.15) is 0 Å². The van der Waals surface area contributed by atoms with E-state index < -0.39 is 20.0 Å². The molecule has 0 radical (unpaired) electrons. The monoisotopic (exact) mass is 713 g/mol. The highest BCUT2D eigenvalue weighted by molar-refractivity contribution is 7.47. The predicted octanol–water partition coefficient (Wildman–Crippen LogP) is 10.8. The van der Waals surface area contributed by atoms with Crippen LogP contribution in [0.15, 0.2) is 36.5 Å². The average Bonchev–Trinajstić information content (AvgIpc) is 3.09. The molecule has 49 heavy (non-hydrogen) atoms. The van der Waals surface area contributed by atoms with Crippen LogP contribution in [-0.4, -0.2) is 47.8 Å². The Labute approximate surface area is 301 Å². The smallest absolute Gasteiger partial charge is 0.387 e. The van der Waals surface area contributed by atoms with Crippen LogP contribution in [0.25, 0.3) is 0 Å². The number of hydrogen-bond donors (Lipinski definition) is 4. The zero-order valence-electron chi connectivity index (χ0n) is 31.7. The molecule has 0 saturated heterocycles. The fourth-order valence-corrected chi connectivity index (χ4v) is 6.39. The molecule has 0 fully saturated rings. The summed E-state index contributed by atoms with van der Waals surface area (Å²) in [5.74, 6) is -0.204. The molecule has 0 bridgehead atoms. The van der Waals surface area contributed by atoms with Crippen molar-refractivity contribution in [2.24, 2.45) is 5.73 Å². The van der Waals surface area contributed by atoms with E-state index in [9.17, 15) is 19.4 Å². The van der Waals surface area contributed by atoms with E-state index in [-0.39, 0.29) is 25.7 Å². The van der Waals surface area contributed by atoms with Gasteiger partial charge in [-0.1, -0.05) is 159 Å². The minimum absolute atomic E-state index is 0.0765. The fraction of sp³-hybridized carbons (Fsp3) is 0.825. The summed E-state index contributed by atoms with van der Waals surface area (Å²) in [6.07, 6.45) is 41.8. The van der Waals surface area contributed by atoms with Gasteiger partial charge in [0.05, 0.1) is 25.4 Å². The summed E-state index contributed by atoms with van der Waals surface area (Å²) in [6.45, 7) is 4.09. The Morgan fingerprint density at radius 3 is 1.63 bits per heavy atom. The number of nitrogens with one attached hydrogen (secondary N) is 1. The van der Waals surface area contributed by atoms with Gasteiger partial charge in [-0.15, -0.1) is 0 Å². The number of carbonyl (C=O) groups excluding carboxylic acids is 1. The maximum absolute atomic E-state index is 12.7. The number of aliphatic hydroxyl groups is 1. The molecule has 0 aromatic rings. The van der Waals surface area contributed by atoms with E-state index in [2.05, 4.69) is 43.5 Å². The third kappa shape index (κ3) is 34.9. The van der Waals surface area contributed by atoms with Crippen LogP contribution in [0.4, 0.5) is 0 Å². The summed E-state index contributed by atoms with van der Waals surface area (Å²) in [6, 6.07) is -0.862. The standard InChI is InChI=1S/C40H77N2O6P/c1-3-5-7-9-11-13-15-17-18-19-20-21-22-24-26-28-30-32-34-40(44)42-38(37-48-49(45,46)47-36-35-41)39(43)33-31-29-27-25-23-16-14-12-10-8-6-4-2/h13,15,18-19,31,33,38-39,43H,3-12,14,16-17,20-30,32,34-37,41H2,1-2H3,(H,42,44)(H,45,46)/b15-13-,19-18-,33-31+. The van der Waals surface area contributed by atoms with Crippen molar-refractivity contribution in [1.82, 2.24) is 5.32 Å². The van der Waals surface area contributed by atoms with E-state index in [4.69, 9.17) is 14.8 Å². The second-order valence-corrected chi connectivity index (χ2v) is 14.9. The lowest BCUT2D eigenvalue weighted by molar-refractivity contribution is -0.123. The van der Waals surface area contributed by atoms with Crippen LogP contribution < -0.4 is 11.1 Å². The summed E-state index contributed by atoms with van der Waals surface area (Å²) in [4.78, 5) is 22.6. The first-order valence-electron chi connectivity index (χ1n) is 20.1. The zero-order valence-corrected chi connectivity index (χ0v) is 32.6. The highest BCUT2D eigenvalue weighted by Crippen LogP contribution is 2.43. The summed E-state index contributed by atoms with van der Waals surface area (Å²) in [5, 5.41) is 13.6. The summed E-state index contributed by atoms with van der Waals surface area (Å²) >= 11 is 0. The molecule has 0 aliphatic heterocycles. The van der Waals surface area contributed by atoms with Crippen LogP contribution in [0.5, 0.6) is 0 Å². The molecule has 9 heteroatoms. The summed E-state index contributed by atoms with van der Waals surface area (Å²) in [7, 11) is -4.33.